The molecule has 1 unspecified atom stereocenters. The van der Waals surface area contributed by atoms with Crippen LogP contribution in [-0.2, 0) is 20.7 Å². The standard InChI is InChI=1S/C26H34ClN3O3/c1-16-7-18(8-17(2)33-16)12-29-20-6-4-5-19(9-20)22-10-21(30-14-24(22)27)11-25(31)23-13-28-15-26(23)32-3/h4-6,9-10,14,16-18,23,26,28-29H,7-8,11-13,15H2,1-3H3/t16-,17+,18?,23-,26+/m1/s1. The van der Waals surface area contributed by atoms with Crippen molar-refractivity contribution in [3.8, 4) is 11.1 Å². The molecule has 5 atom stereocenters. The van der Waals surface area contributed by atoms with Crippen LogP contribution in [0.25, 0.3) is 11.1 Å². The molecule has 1 aromatic heterocycles. The average Bonchev–Trinajstić information content (AvgIpc) is 3.28. The van der Waals surface area contributed by atoms with Crippen molar-refractivity contribution in [2.24, 2.45) is 11.8 Å². The molecule has 1 aromatic carbocycles. The molecule has 2 fully saturated rings. The Hall–Kier alpha value is -1.99. The number of pyridine rings is 1. The summed E-state index contributed by atoms with van der Waals surface area (Å²) in [5.74, 6) is 0.595. The number of methoxy groups -OCH3 is 1. The van der Waals surface area contributed by atoms with Crippen LogP contribution in [0, 0.1) is 11.8 Å². The van der Waals surface area contributed by atoms with Gasteiger partial charge in [-0.3, -0.25) is 9.78 Å². The summed E-state index contributed by atoms with van der Waals surface area (Å²) >= 11 is 6.51. The minimum atomic E-state index is -0.140. The lowest BCUT2D eigenvalue weighted by molar-refractivity contribution is -0.124. The molecule has 7 heteroatoms. The fraction of sp³-hybridized carbons (Fsp3) is 0.538. The summed E-state index contributed by atoms with van der Waals surface area (Å²) < 4.78 is 11.3. The zero-order valence-corrected chi connectivity index (χ0v) is 20.4. The second-order valence-electron chi connectivity index (χ2n) is 9.39. The summed E-state index contributed by atoms with van der Waals surface area (Å²) in [6.45, 7) is 6.57. The Morgan fingerprint density at radius 1 is 1.24 bits per heavy atom. The number of hydrogen-bond acceptors (Lipinski definition) is 6. The van der Waals surface area contributed by atoms with E-state index in [1.54, 1.807) is 13.3 Å². The molecule has 0 radical (unpaired) electrons. The number of halogens is 1. The topological polar surface area (TPSA) is 72.5 Å². The number of ketones is 1. The molecule has 0 saturated carbocycles. The van der Waals surface area contributed by atoms with Gasteiger partial charge in [0.1, 0.15) is 5.78 Å². The van der Waals surface area contributed by atoms with Crippen LogP contribution in [0.2, 0.25) is 5.02 Å². The van der Waals surface area contributed by atoms with Crippen molar-refractivity contribution in [1.29, 1.82) is 0 Å². The maximum absolute atomic E-state index is 12.8. The number of anilines is 1. The molecule has 2 aliphatic heterocycles. The Bertz CT molecular complexity index is 960. The van der Waals surface area contributed by atoms with Crippen LogP contribution >= 0.6 is 11.6 Å². The summed E-state index contributed by atoms with van der Waals surface area (Å²) in [7, 11) is 1.65. The highest BCUT2D eigenvalue weighted by Crippen LogP contribution is 2.31. The van der Waals surface area contributed by atoms with E-state index in [-0.39, 0.29) is 24.2 Å². The van der Waals surface area contributed by atoms with E-state index in [1.165, 1.54) is 0 Å². The van der Waals surface area contributed by atoms with E-state index >= 15 is 0 Å². The fourth-order valence-corrected chi connectivity index (χ4v) is 5.31. The molecular formula is C26H34ClN3O3. The molecule has 2 saturated heterocycles. The summed E-state index contributed by atoms with van der Waals surface area (Å²) in [6, 6.07) is 10.2. The van der Waals surface area contributed by atoms with Crippen molar-refractivity contribution in [1.82, 2.24) is 10.3 Å². The van der Waals surface area contributed by atoms with Crippen LogP contribution in [0.3, 0.4) is 0 Å². The van der Waals surface area contributed by atoms with Gasteiger partial charge in [0.25, 0.3) is 0 Å². The molecule has 4 rings (SSSR count). The van der Waals surface area contributed by atoms with Crippen molar-refractivity contribution in [3.63, 3.8) is 0 Å². The molecule has 2 N–H and O–H groups in total. The van der Waals surface area contributed by atoms with E-state index in [1.807, 2.05) is 18.2 Å². The summed E-state index contributed by atoms with van der Waals surface area (Å²) in [5, 5.41) is 7.40. The van der Waals surface area contributed by atoms with Gasteiger partial charge in [-0.25, -0.2) is 0 Å². The Morgan fingerprint density at radius 2 is 2.03 bits per heavy atom. The van der Waals surface area contributed by atoms with Gasteiger partial charge in [0.15, 0.2) is 0 Å². The highest BCUT2D eigenvalue weighted by molar-refractivity contribution is 6.33. The number of nitrogens with zero attached hydrogens (tertiary/aromatic N) is 1. The van der Waals surface area contributed by atoms with Gasteiger partial charge in [-0.1, -0.05) is 23.7 Å². The number of nitrogens with one attached hydrogen (secondary N) is 2. The quantitative estimate of drug-likeness (QED) is 0.595. The van der Waals surface area contributed by atoms with Crippen LogP contribution in [0.5, 0.6) is 0 Å². The van der Waals surface area contributed by atoms with E-state index < -0.39 is 0 Å². The molecular weight excluding hydrogens is 438 g/mol. The lowest BCUT2D eigenvalue weighted by Crippen LogP contribution is -2.32. The van der Waals surface area contributed by atoms with E-state index in [0.717, 1.165) is 41.9 Å². The second-order valence-corrected chi connectivity index (χ2v) is 9.80. The first kappa shape index (κ1) is 24.1. The second kappa shape index (κ2) is 11.0. The van der Waals surface area contributed by atoms with Gasteiger partial charge >= 0.3 is 0 Å². The highest BCUT2D eigenvalue weighted by atomic mass is 35.5. The lowest BCUT2D eigenvalue weighted by atomic mass is 9.92. The summed E-state index contributed by atoms with van der Waals surface area (Å²) in [6.07, 6.45) is 4.61. The van der Waals surface area contributed by atoms with E-state index in [0.29, 0.717) is 36.2 Å². The molecule has 0 spiro atoms. The number of rotatable bonds is 8. The first-order valence-electron chi connectivity index (χ1n) is 11.8. The first-order chi connectivity index (χ1) is 15.9. The van der Waals surface area contributed by atoms with Crippen LogP contribution < -0.4 is 10.6 Å². The molecule has 2 aliphatic rings. The predicted octanol–water partition coefficient (Wildman–Crippen LogP) is 4.36. The Morgan fingerprint density at radius 3 is 2.79 bits per heavy atom. The van der Waals surface area contributed by atoms with Gasteiger partial charge < -0.3 is 20.1 Å². The molecule has 178 valence electrons. The van der Waals surface area contributed by atoms with E-state index in [4.69, 9.17) is 21.1 Å². The number of carbonyl (C=O) groups is 1. The zero-order valence-electron chi connectivity index (χ0n) is 19.6. The molecule has 0 amide bonds. The Balaban J connectivity index is 1.44. The molecule has 2 aromatic rings. The normalized spacial score (nSPS) is 27.5. The highest BCUT2D eigenvalue weighted by Gasteiger charge is 2.32. The van der Waals surface area contributed by atoms with Crippen molar-refractivity contribution < 1.29 is 14.3 Å². The minimum absolute atomic E-state index is 0.0753. The van der Waals surface area contributed by atoms with E-state index in [2.05, 4.69) is 41.6 Å². The Kier molecular flexibility index (Phi) is 8.02. The van der Waals surface area contributed by atoms with Crippen molar-refractivity contribution in [2.45, 2.75) is 51.4 Å². The molecule has 0 aliphatic carbocycles. The van der Waals surface area contributed by atoms with Gasteiger partial charge in [-0.2, -0.15) is 0 Å². The van der Waals surface area contributed by atoms with Gasteiger partial charge in [0, 0.05) is 56.3 Å². The molecule has 3 heterocycles. The third-order valence-electron chi connectivity index (χ3n) is 6.71. The number of carbonyl (C=O) groups excluding carboxylic acids is 1. The third-order valence-corrected chi connectivity index (χ3v) is 7.01. The largest absolute Gasteiger partial charge is 0.385 e. The maximum atomic E-state index is 12.8. The van der Waals surface area contributed by atoms with Crippen LogP contribution in [-0.4, -0.2) is 55.8 Å². The number of ether oxygens (including phenoxy) is 2. The van der Waals surface area contributed by atoms with Gasteiger partial charge in [0.05, 0.1) is 29.3 Å². The number of benzene rings is 1. The van der Waals surface area contributed by atoms with Crippen LogP contribution in [0.1, 0.15) is 32.4 Å². The zero-order chi connectivity index (χ0) is 23.4. The lowest BCUT2D eigenvalue weighted by Gasteiger charge is -2.32. The summed E-state index contributed by atoms with van der Waals surface area (Å²) in [5.41, 5.74) is 3.68. The van der Waals surface area contributed by atoms with Crippen LogP contribution in [0.4, 0.5) is 5.69 Å². The van der Waals surface area contributed by atoms with Gasteiger partial charge in [-0.05, 0) is 56.4 Å². The average molecular weight is 472 g/mol. The maximum Gasteiger partial charge on any atom is 0.145 e. The first-order valence-corrected chi connectivity index (χ1v) is 12.2. The molecule has 0 bridgehead atoms. The predicted molar refractivity (Wildman–Crippen MR) is 132 cm³/mol. The molecule has 33 heavy (non-hydrogen) atoms. The third kappa shape index (κ3) is 6.12. The smallest absolute Gasteiger partial charge is 0.145 e. The van der Waals surface area contributed by atoms with Gasteiger partial charge in [-0.15, -0.1) is 0 Å². The number of Topliss-reactive ketones (excluding diaryl/α,β-unsaturated/α-hetero) is 1. The van der Waals surface area contributed by atoms with Gasteiger partial charge in [0.2, 0.25) is 0 Å². The SMILES string of the molecule is CO[C@H]1CNC[C@@H]1C(=O)Cc1cc(-c2cccc(NCC3C[C@@H](C)O[C@@H](C)C3)c2)c(Cl)cn1. The number of aromatic nitrogens is 1. The monoisotopic (exact) mass is 471 g/mol. The summed E-state index contributed by atoms with van der Waals surface area (Å²) in [4.78, 5) is 17.3. The number of hydrogen-bond donors (Lipinski definition) is 2. The minimum Gasteiger partial charge on any atom is -0.385 e. The Labute approximate surface area is 201 Å². The van der Waals surface area contributed by atoms with Crippen LogP contribution in [0.15, 0.2) is 36.5 Å². The van der Waals surface area contributed by atoms with E-state index in [9.17, 15) is 4.79 Å². The fourth-order valence-electron chi connectivity index (χ4n) is 5.10. The van der Waals surface area contributed by atoms with Crippen molar-refractivity contribution >= 4 is 23.1 Å². The molecule has 6 nitrogen and oxygen atoms in total. The van der Waals surface area contributed by atoms with Crippen molar-refractivity contribution in [2.75, 3.05) is 32.1 Å². The van der Waals surface area contributed by atoms with Crippen molar-refractivity contribution in [3.05, 3.63) is 47.2 Å².